The molecule has 18 heavy (non-hydrogen) atoms. The summed E-state index contributed by atoms with van der Waals surface area (Å²) in [5, 5.41) is -0.379. The lowest BCUT2D eigenvalue weighted by Gasteiger charge is -2.09. The predicted molar refractivity (Wildman–Crippen MR) is 70.7 cm³/mol. The summed E-state index contributed by atoms with van der Waals surface area (Å²) in [6.07, 6.45) is 3.16. The second kappa shape index (κ2) is 6.33. The third-order valence-corrected chi connectivity index (χ3v) is 4.25. The molecule has 0 unspecified atom stereocenters. The van der Waals surface area contributed by atoms with E-state index in [4.69, 9.17) is 11.6 Å². The van der Waals surface area contributed by atoms with Crippen LogP contribution in [0.1, 0.15) is 20.3 Å². The Morgan fingerprint density at radius 3 is 2.67 bits per heavy atom. The molecule has 0 saturated heterocycles. The van der Waals surface area contributed by atoms with Crippen LogP contribution in [0.15, 0.2) is 22.2 Å². The van der Waals surface area contributed by atoms with Crippen molar-refractivity contribution < 1.29 is 8.42 Å². The number of aromatic nitrogens is 2. The van der Waals surface area contributed by atoms with Gasteiger partial charge >= 0.3 is 0 Å². The summed E-state index contributed by atoms with van der Waals surface area (Å²) in [4.78, 5) is 15.7. The molecule has 1 rings (SSSR count). The summed E-state index contributed by atoms with van der Waals surface area (Å²) in [6, 6.07) is 0. The molecule has 1 aromatic heterocycles. The van der Waals surface area contributed by atoms with E-state index in [9.17, 15) is 13.2 Å². The summed E-state index contributed by atoms with van der Waals surface area (Å²) < 4.78 is 25.2. The quantitative estimate of drug-likeness (QED) is 0.741. The van der Waals surface area contributed by atoms with Crippen molar-refractivity contribution in [2.75, 3.05) is 11.6 Å². The van der Waals surface area contributed by atoms with Crippen LogP contribution in [-0.2, 0) is 16.4 Å². The van der Waals surface area contributed by atoms with Crippen molar-refractivity contribution in [2.45, 2.75) is 31.8 Å². The zero-order chi connectivity index (χ0) is 13.8. The molecule has 102 valence electrons. The van der Waals surface area contributed by atoms with Gasteiger partial charge in [0.2, 0.25) is 14.9 Å². The Morgan fingerprint density at radius 2 is 2.11 bits per heavy atom. The van der Waals surface area contributed by atoms with Gasteiger partial charge in [-0.2, -0.15) is 0 Å². The van der Waals surface area contributed by atoms with Crippen molar-refractivity contribution in [1.29, 1.82) is 0 Å². The van der Waals surface area contributed by atoms with E-state index in [0.717, 1.165) is 0 Å². The van der Waals surface area contributed by atoms with Gasteiger partial charge in [0.05, 0.1) is 5.75 Å². The molecule has 0 aliphatic rings. The van der Waals surface area contributed by atoms with Gasteiger partial charge in [0.15, 0.2) is 0 Å². The number of hydrogen-bond donors (Lipinski definition) is 0. The largest absolute Gasteiger partial charge is 0.311 e. The molecular formula is C11H17ClN2O3S. The van der Waals surface area contributed by atoms with Crippen molar-refractivity contribution >= 4 is 21.4 Å². The van der Waals surface area contributed by atoms with Gasteiger partial charge in [0, 0.05) is 24.8 Å². The van der Waals surface area contributed by atoms with E-state index in [1.807, 2.05) is 13.8 Å². The molecule has 5 nitrogen and oxygen atoms in total. The number of hydrogen-bond acceptors (Lipinski definition) is 4. The minimum atomic E-state index is -3.64. The first-order chi connectivity index (χ1) is 8.38. The van der Waals surface area contributed by atoms with Crippen LogP contribution in [0.5, 0.6) is 0 Å². The Balaban J connectivity index is 3.15. The van der Waals surface area contributed by atoms with Crippen LogP contribution in [0, 0.1) is 5.92 Å². The zero-order valence-electron chi connectivity index (χ0n) is 10.5. The summed E-state index contributed by atoms with van der Waals surface area (Å²) in [6.45, 7) is 4.38. The second-order valence-electron chi connectivity index (χ2n) is 4.45. The molecular weight excluding hydrogens is 276 g/mol. The monoisotopic (exact) mass is 292 g/mol. The predicted octanol–water partition coefficient (Wildman–Crippen LogP) is 1.30. The van der Waals surface area contributed by atoms with E-state index in [2.05, 4.69) is 4.98 Å². The van der Waals surface area contributed by atoms with Gasteiger partial charge in [-0.1, -0.05) is 13.8 Å². The molecule has 0 fully saturated rings. The average Bonchev–Trinajstić information content (AvgIpc) is 2.28. The lowest BCUT2D eigenvalue weighted by molar-refractivity contribution is 0.499. The molecule has 0 radical (unpaired) electrons. The van der Waals surface area contributed by atoms with Gasteiger partial charge in [0.1, 0.15) is 0 Å². The molecule has 1 aromatic rings. The van der Waals surface area contributed by atoms with Crippen molar-refractivity contribution in [3.63, 3.8) is 0 Å². The van der Waals surface area contributed by atoms with E-state index in [-0.39, 0.29) is 22.6 Å². The molecule has 0 aliphatic heterocycles. The highest BCUT2D eigenvalue weighted by Gasteiger charge is 2.21. The highest BCUT2D eigenvalue weighted by molar-refractivity contribution is 7.91. The van der Waals surface area contributed by atoms with Crippen LogP contribution in [-0.4, -0.2) is 29.6 Å². The highest BCUT2D eigenvalue weighted by Crippen LogP contribution is 2.05. The van der Waals surface area contributed by atoms with Crippen LogP contribution in [0.4, 0.5) is 0 Å². The van der Waals surface area contributed by atoms with Crippen LogP contribution < -0.4 is 5.56 Å². The fourth-order valence-corrected chi connectivity index (χ4v) is 3.13. The first-order valence-electron chi connectivity index (χ1n) is 5.72. The summed E-state index contributed by atoms with van der Waals surface area (Å²) in [5.41, 5.74) is -0.555. The van der Waals surface area contributed by atoms with E-state index in [1.54, 1.807) is 0 Å². The molecule has 7 heteroatoms. The standard InChI is InChI=1S/C11H17ClN2O3S/c1-9(2)8-14-6-5-13-10(11(14)15)18(16,17)7-3-4-12/h5-6,9H,3-4,7-8H2,1-2H3. The fourth-order valence-electron chi connectivity index (χ4n) is 1.52. The smallest absolute Gasteiger partial charge is 0.288 e. The maximum Gasteiger partial charge on any atom is 0.288 e. The Bertz CT molecular complexity index is 552. The third kappa shape index (κ3) is 3.81. The zero-order valence-corrected chi connectivity index (χ0v) is 12.0. The van der Waals surface area contributed by atoms with Crippen LogP contribution >= 0.6 is 11.6 Å². The van der Waals surface area contributed by atoms with Gasteiger partial charge in [0.25, 0.3) is 5.56 Å². The molecule has 0 saturated carbocycles. The van der Waals surface area contributed by atoms with Gasteiger partial charge in [-0.3, -0.25) is 4.79 Å². The van der Waals surface area contributed by atoms with Gasteiger partial charge in [-0.15, -0.1) is 11.6 Å². The average molecular weight is 293 g/mol. The summed E-state index contributed by atoms with van der Waals surface area (Å²) >= 11 is 5.47. The number of rotatable bonds is 6. The van der Waals surface area contributed by atoms with E-state index in [1.165, 1.54) is 17.0 Å². The number of halogens is 1. The van der Waals surface area contributed by atoms with Crippen molar-refractivity contribution in [3.8, 4) is 0 Å². The molecule has 1 heterocycles. The topological polar surface area (TPSA) is 69.0 Å². The van der Waals surface area contributed by atoms with E-state index < -0.39 is 15.4 Å². The van der Waals surface area contributed by atoms with Gasteiger partial charge < -0.3 is 4.57 Å². The van der Waals surface area contributed by atoms with Gasteiger partial charge in [-0.25, -0.2) is 13.4 Å². The highest BCUT2D eigenvalue weighted by atomic mass is 35.5. The molecule has 0 atom stereocenters. The molecule has 0 amide bonds. The molecule has 0 spiro atoms. The Kier molecular flexibility index (Phi) is 5.34. The SMILES string of the molecule is CC(C)Cn1ccnc(S(=O)(=O)CCCCl)c1=O. The lowest BCUT2D eigenvalue weighted by Crippen LogP contribution is -2.29. The van der Waals surface area contributed by atoms with Gasteiger partial charge in [-0.05, 0) is 12.3 Å². The molecule has 0 aliphatic carbocycles. The number of nitrogens with zero attached hydrogens (tertiary/aromatic N) is 2. The van der Waals surface area contributed by atoms with Crippen molar-refractivity contribution in [3.05, 3.63) is 22.7 Å². The molecule has 0 bridgehead atoms. The normalized spacial score (nSPS) is 12.0. The minimum Gasteiger partial charge on any atom is -0.311 e. The fraction of sp³-hybridized carbons (Fsp3) is 0.636. The maximum atomic E-state index is 12.0. The van der Waals surface area contributed by atoms with Crippen LogP contribution in [0.3, 0.4) is 0 Å². The first kappa shape index (κ1) is 15.2. The lowest BCUT2D eigenvalue weighted by atomic mass is 10.2. The van der Waals surface area contributed by atoms with E-state index >= 15 is 0 Å². The summed E-state index contributed by atoms with van der Waals surface area (Å²) in [5.74, 6) is 0.347. The van der Waals surface area contributed by atoms with Crippen molar-refractivity contribution in [2.24, 2.45) is 5.92 Å². The summed E-state index contributed by atoms with van der Waals surface area (Å²) in [7, 11) is -3.64. The van der Waals surface area contributed by atoms with E-state index in [0.29, 0.717) is 13.0 Å². The Labute approximate surface area is 112 Å². The third-order valence-electron chi connectivity index (χ3n) is 2.29. The maximum absolute atomic E-state index is 12.0. The molecule has 0 aromatic carbocycles. The first-order valence-corrected chi connectivity index (χ1v) is 7.91. The molecule has 0 N–H and O–H groups in total. The van der Waals surface area contributed by atoms with Crippen LogP contribution in [0.25, 0.3) is 0 Å². The number of sulfone groups is 1. The van der Waals surface area contributed by atoms with Crippen LogP contribution in [0.2, 0.25) is 0 Å². The Morgan fingerprint density at radius 1 is 1.44 bits per heavy atom. The second-order valence-corrected chi connectivity index (χ2v) is 6.85. The minimum absolute atomic E-state index is 0.148. The Hall–Kier alpha value is -0.880. The number of alkyl halides is 1. The van der Waals surface area contributed by atoms with Crippen molar-refractivity contribution in [1.82, 2.24) is 9.55 Å².